The lowest BCUT2D eigenvalue weighted by Crippen LogP contribution is -2.49. The summed E-state index contributed by atoms with van der Waals surface area (Å²) in [6.45, 7) is 3.61. The quantitative estimate of drug-likeness (QED) is 0.677. The van der Waals surface area contributed by atoms with Crippen molar-refractivity contribution in [3.63, 3.8) is 0 Å². The summed E-state index contributed by atoms with van der Waals surface area (Å²) in [5.74, 6) is -6.31. The Hall–Kier alpha value is -0.810. The molecular formula is C10H15F4NO. The SMILES string of the molecule is CC(C)CN(C(=O)C(F)(F)C(F)F)C1CC1. The first-order valence-electron chi connectivity index (χ1n) is 5.23. The van der Waals surface area contributed by atoms with E-state index in [0.29, 0.717) is 12.8 Å². The highest BCUT2D eigenvalue weighted by atomic mass is 19.3. The summed E-state index contributed by atoms with van der Waals surface area (Å²) >= 11 is 0. The van der Waals surface area contributed by atoms with E-state index >= 15 is 0 Å². The second-order valence-electron chi connectivity index (χ2n) is 4.51. The van der Waals surface area contributed by atoms with Gasteiger partial charge in [0.25, 0.3) is 5.91 Å². The molecule has 6 heteroatoms. The maximum atomic E-state index is 12.9. The lowest BCUT2D eigenvalue weighted by Gasteiger charge is -2.28. The Bertz CT molecular complexity index is 264. The number of rotatable bonds is 5. The van der Waals surface area contributed by atoms with Crippen molar-refractivity contribution in [2.75, 3.05) is 6.54 Å². The molecule has 0 heterocycles. The molecule has 0 aromatic heterocycles. The zero-order chi connectivity index (χ0) is 12.5. The zero-order valence-electron chi connectivity index (χ0n) is 9.22. The van der Waals surface area contributed by atoms with E-state index in [1.54, 1.807) is 13.8 Å². The van der Waals surface area contributed by atoms with Crippen molar-refractivity contribution in [2.45, 2.75) is 45.1 Å². The van der Waals surface area contributed by atoms with Gasteiger partial charge in [-0.15, -0.1) is 0 Å². The highest BCUT2D eigenvalue weighted by molar-refractivity contribution is 5.84. The van der Waals surface area contributed by atoms with Crippen molar-refractivity contribution in [2.24, 2.45) is 5.92 Å². The average Bonchev–Trinajstić information content (AvgIpc) is 2.95. The summed E-state index contributed by atoms with van der Waals surface area (Å²) in [6.07, 6.45) is -2.69. The largest absolute Gasteiger partial charge is 0.383 e. The maximum Gasteiger partial charge on any atom is 0.383 e. The Morgan fingerprint density at radius 3 is 2.19 bits per heavy atom. The van der Waals surface area contributed by atoms with Crippen molar-refractivity contribution >= 4 is 5.91 Å². The molecule has 1 aliphatic rings. The molecule has 2 nitrogen and oxygen atoms in total. The number of amides is 1. The number of nitrogens with zero attached hydrogens (tertiary/aromatic N) is 1. The highest BCUT2D eigenvalue weighted by Gasteiger charge is 2.53. The van der Waals surface area contributed by atoms with Crippen LogP contribution in [0.3, 0.4) is 0 Å². The first-order chi connectivity index (χ1) is 7.26. The molecule has 16 heavy (non-hydrogen) atoms. The standard InChI is InChI=1S/C10H15F4NO/c1-6(2)5-15(7-3-4-7)9(16)10(13,14)8(11)12/h6-8H,3-5H2,1-2H3. The van der Waals surface area contributed by atoms with Crippen molar-refractivity contribution in [1.82, 2.24) is 4.90 Å². The fourth-order valence-electron chi connectivity index (χ4n) is 1.46. The normalized spacial score (nSPS) is 17.0. The molecule has 0 saturated heterocycles. The minimum atomic E-state index is -4.56. The molecule has 0 aromatic carbocycles. The molecule has 1 rings (SSSR count). The summed E-state index contributed by atoms with van der Waals surface area (Å²) in [5.41, 5.74) is 0. The molecule has 1 saturated carbocycles. The monoisotopic (exact) mass is 241 g/mol. The molecular weight excluding hydrogens is 226 g/mol. The van der Waals surface area contributed by atoms with Crippen LogP contribution in [0.15, 0.2) is 0 Å². The van der Waals surface area contributed by atoms with E-state index in [4.69, 9.17) is 0 Å². The fraction of sp³-hybridized carbons (Fsp3) is 0.900. The van der Waals surface area contributed by atoms with Gasteiger partial charge in [0.1, 0.15) is 0 Å². The molecule has 1 amide bonds. The van der Waals surface area contributed by atoms with E-state index in [1.165, 1.54) is 0 Å². The molecule has 0 aliphatic heterocycles. The Morgan fingerprint density at radius 1 is 1.38 bits per heavy atom. The number of hydrogen-bond donors (Lipinski definition) is 0. The van der Waals surface area contributed by atoms with Gasteiger partial charge in [0, 0.05) is 12.6 Å². The average molecular weight is 241 g/mol. The van der Waals surface area contributed by atoms with Crippen LogP contribution in [0.4, 0.5) is 17.6 Å². The minimum Gasteiger partial charge on any atom is -0.334 e. The number of alkyl halides is 4. The predicted octanol–water partition coefficient (Wildman–Crippen LogP) is 2.53. The van der Waals surface area contributed by atoms with Crippen LogP contribution in [-0.4, -0.2) is 35.7 Å². The van der Waals surface area contributed by atoms with Gasteiger partial charge >= 0.3 is 12.3 Å². The van der Waals surface area contributed by atoms with Gasteiger partial charge in [-0.3, -0.25) is 4.79 Å². The molecule has 0 radical (unpaired) electrons. The Labute approximate surface area is 91.6 Å². The number of carbonyl (C=O) groups excluding carboxylic acids is 1. The van der Waals surface area contributed by atoms with Crippen LogP contribution >= 0.6 is 0 Å². The summed E-state index contributed by atoms with van der Waals surface area (Å²) in [6, 6.07) is -0.278. The van der Waals surface area contributed by atoms with Gasteiger partial charge < -0.3 is 4.90 Å². The maximum absolute atomic E-state index is 12.9. The van der Waals surface area contributed by atoms with Crippen molar-refractivity contribution in [1.29, 1.82) is 0 Å². The lowest BCUT2D eigenvalue weighted by atomic mass is 10.2. The molecule has 0 N–H and O–H groups in total. The van der Waals surface area contributed by atoms with Gasteiger partial charge in [-0.25, -0.2) is 8.78 Å². The van der Waals surface area contributed by atoms with Crippen LogP contribution in [0, 0.1) is 5.92 Å². The van der Waals surface area contributed by atoms with Crippen molar-refractivity contribution < 1.29 is 22.4 Å². The van der Waals surface area contributed by atoms with Crippen molar-refractivity contribution in [3.8, 4) is 0 Å². The van der Waals surface area contributed by atoms with Crippen LogP contribution < -0.4 is 0 Å². The molecule has 0 aromatic rings. The Balaban J connectivity index is 2.74. The van der Waals surface area contributed by atoms with Gasteiger partial charge in [0.05, 0.1) is 0 Å². The molecule has 0 bridgehead atoms. The lowest BCUT2D eigenvalue weighted by molar-refractivity contribution is -0.181. The summed E-state index contributed by atoms with van der Waals surface area (Å²) in [5, 5.41) is 0. The molecule has 94 valence electrons. The van der Waals surface area contributed by atoms with E-state index in [0.717, 1.165) is 4.90 Å². The predicted molar refractivity (Wildman–Crippen MR) is 50.5 cm³/mol. The van der Waals surface area contributed by atoms with E-state index < -0.39 is 18.3 Å². The second kappa shape index (κ2) is 4.59. The van der Waals surface area contributed by atoms with E-state index in [9.17, 15) is 22.4 Å². The smallest absolute Gasteiger partial charge is 0.334 e. The summed E-state index contributed by atoms with van der Waals surface area (Å²) in [7, 11) is 0. The van der Waals surface area contributed by atoms with Gasteiger partial charge in [0.15, 0.2) is 0 Å². The molecule has 1 fully saturated rings. The van der Waals surface area contributed by atoms with Gasteiger partial charge in [-0.1, -0.05) is 13.8 Å². The fourth-order valence-corrected chi connectivity index (χ4v) is 1.46. The molecule has 0 unspecified atom stereocenters. The molecule has 0 atom stereocenters. The van der Waals surface area contributed by atoms with E-state index in [1.807, 2.05) is 0 Å². The highest BCUT2D eigenvalue weighted by Crippen LogP contribution is 2.33. The molecule has 0 spiro atoms. The summed E-state index contributed by atoms with van der Waals surface area (Å²) < 4.78 is 49.9. The minimum absolute atomic E-state index is 0.0157. The first kappa shape index (κ1) is 13.3. The van der Waals surface area contributed by atoms with Crippen LogP contribution in [0.25, 0.3) is 0 Å². The third-order valence-electron chi connectivity index (χ3n) is 2.37. The topological polar surface area (TPSA) is 20.3 Å². The zero-order valence-corrected chi connectivity index (χ0v) is 9.22. The van der Waals surface area contributed by atoms with Crippen LogP contribution in [0.1, 0.15) is 26.7 Å². The van der Waals surface area contributed by atoms with Gasteiger partial charge in [-0.2, -0.15) is 8.78 Å². The Morgan fingerprint density at radius 2 is 1.88 bits per heavy atom. The van der Waals surface area contributed by atoms with E-state index in [2.05, 4.69) is 0 Å². The Kier molecular flexibility index (Phi) is 3.80. The van der Waals surface area contributed by atoms with Crippen LogP contribution in [0.2, 0.25) is 0 Å². The summed E-state index contributed by atoms with van der Waals surface area (Å²) in [4.78, 5) is 12.2. The number of hydrogen-bond acceptors (Lipinski definition) is 1. The first-order valence-corrected chi connectivity index (χ1v) is 5.23. The van der Waals surface area contributed by atoms with E-state index in [-0.39, 0.29) is 18.5 Å². The number of carbonyl (C=O) groups is 1. The third-order valence-corrected chi connectivity index (χ3v) is 2.37. The number of halogens is 4. The van der Waals surface area contributed by atoms with Crippen LogP contribution in [-0.2, 0) is 4.79 Å². The van der Waals surface area contributed by atoms with Crippen LogP contribution in [0.5, 0.6) is 0 Å². The van der Waals surface area contributed by atoms with Gasteiger partial charge in [0.2, 0.25) is 0 Å². The third kappa shape index (κ3) is 2.86. The van der Waals surface area contributed by atoms with Gasteiger partial charge in [-0.05, 0) is 18.8 Å². The second-order valence-corrected chi connectivity index (χ2v) is 4.51. The van der Waals surface area contributed by atoms with Crippen molar-refractivity contribution in [3.05, 3.63) is 0 Å². The molecule has 1 aliphatic carbocycles.